The van der Waals surface area contributed by atoms with E-state index >= 15 is 0 Å². The summed E-state index contributed by atoms with van der Waals surface area (Å²) in [5.74, 6) is -0.259. The molecule has 0 radical (unpaired) electrons. The number of piperidine rings is 1. The van der Waals surface area contributed by atoms with Gasteiger partial charge in [-0.1, -0.05) is 35.3 Å². The number of hydrogen-bond acceptors (Lipinski definition) is 6. The van der Waals surface area contributed by atoms with Gasteiger partial charge in [-0.3, -0.25) is 24.6 Å². The molecule has 3 aliphatic heterocycles. The molecule has 5 rings (SSSR count). The van der Waals surface area contributed by atoms with E-state index in [0.29, 0.717) is 34.4 Å². The highest BCUT2D eigenvalue weighted by molar-refractivity contribution is 6.43. The third-order valence-electron chi connectivity index (χ3n) is 7.62. The summed E-state index contributed by atoms with van der Waals surface area (Å²) in [7, 11) is 0. The minimum atomic E-state index is -1.06. The van der Waals surface area contributed by atoms with Gasteiger partial charge in [0, 0.05) is 50.3 Å². The van der Waals surface area contributed by atoms with Gasteiger partial charge < -0.3 is 14.5 Å². The number of rotatable bonds is 7. The van der Waals surface area contributed by atoms with Crippen LogP contribution in [0.25, 0.3) is 0 Å². The van der Waals surface area contributed by atoms with E-state index in [9.17, 15) is 14.4 Å². The Labute approximate surface area is 226 Å². The van der Waals surface area contributed by atoms with Gasteiger partial charge in [-0.25, -0.2) is 0 Å². The zero-order chi connectivity index (χ0) is 26.2. The molecule has 0 aromatic heterocycles. The molecule has 1 N–H and O–H groups in total. The van der Waals surface area contributed by atoms with Gasteiger partial charge in [0.05, 0.1) is 28.9 Å². The van der Waals surface area contributed by atoms with Crippen LogP contribution < -0.4 is 15.0 Å². The summed E-state index contributed by atoms with van der Waals surface area (Å²) >= 11 is 12.6. The molecule has 2 aromatic rings. The van der Waals surface area contributed by atoms with Gasteiger partial charge >= 0.3 is 0 Å². The second-order valence-corrected chi connectivity index (χ2v) is 10.7. The van der Waals surface area contributed by atoms with Crippen LogP contribution in [0.3, 0.4) is 0 Å². The van der Waals surface area contributed by atoms with Crippen LogP contribution in [0.4, 0.5) is 5.69 Å². The van der Waals surface area contributed by atoms with Crippen molar-refractivity contribution >= 4 is 46.6 Å². The van der Waals surface area contributed by atoms with Crippen molar-refractivity contribution in [1.82, 2.24) is 15.1 Å². The maximum absolute atomic E-state index is 13.2. The highest BCUT2D eigenvalue weighted by atomic mass is 35.5. The number of hydrogen-bond donors (Lipinski definition) is 1. The average Bonchev–Trinajstić information content (AvgIpc) is 3.24. The van der Waals surface area contributed by atoms with E-state index in [4.69, 9.17) is 27.9 Å². The number of anilines is 1. The van der Waals surface area contributed by atoms with Crippen molar-refractivity contribution < 1.29 is 19.1 Å². The molecular formula is C27H30Cl2N4O4. The van der Waals surface area contributed by atoms with Crippen LogP contribution in [-0.2, 0) is 16.1 Å². The van der Waals surface area contributed by atoms with Gasteiger partial charge in [0.15, 0.2) is 0 Å². The van der Waals surface area contributed by atoms with Gasteiger partial charge in [0.25, 0.3) is 11.8 Å². The lowest BCUT2D eigenvalue weighted by atomic mass is 9.89. The standard InChI is InChI=1S/C27H30Cl2N4O4/c1-27(10-9-23(34)30-26(27)36)33-17-19-18(25(33)35)5-2-8-22(19)37-16-4-11-31-12-14-32(15-13-31)21-7-3-6-20(28)24(21)29/h2-3,5-8H,4,9-17H2,1H3,(H,30,34,36)/t27-/m0/s1. The number of benzene rings is 2. The van der Waals surface area contributed by atoms with Crippen molar-refractivity contribution in [2.45, 2.75) is 38.3 Å². The molecule has 0 bridgehead atoms. The van der Waals surface area contributed by atoms with Crippen LogP contribution in [0.1, 0.15) is 42.1 Å². The minimum Gasteiger partial charge on any atom is -0.493 e. The number of amides is 3. The Kier molecular flexibility index (Phi) is 7.34. The third-order valence-corrected chi connectivity index (χ3v) is 8.43. The van der Waals surface area contributed by atoms with Gasteiger partial charge in [-0.2, -0.15) is 0 Å². The van der Waals surface area contributed by atoms with E-state index < -0.39 is 11.4 Å². The number of piperazine rings is 1. The van der Waals surface area contributed by atoms with Crippen molar-refractivity contribution in [2.24, 2.45) is 0 Å². The normalized spacial score (nSPS) is 22.3. The second-order valence-electron chi connectivity index (χ2n) is 9.93. The van der Waals surface area contributed by atoms with E-state index in [-0.39, 0.29) is 24.8 Å². The number of imide groups is 1. The first-order valence-electron chi connectivity index (χ1n) is 12.6. The summed E-state index contributed by atoms with van der Waals surface area (Å²) in [6.07, 6.45) is 1.37. The van der Waals surface area contributed by atoms with E-state index in [1.807, 2.05) is 24.3 Å². The number of halogens is 2. The molecule has 10 heteroatoms. The largest absolute Gasteiger partial charge is 0.493 e. The molecule has 3 heterocycles. The Hall–Kier alpha value is -2.81. The fourth-order valence-corrected chi connectivity index (χ4v) is 5.72. The number of nitrogens with zero attached hydrogens (tertiary/aromatic N) is 3. The Morgan fingerprint density at radius 1 is 1.03 bits per heavy atom. The first-order valence-corrected chi connectivity index (χ1v) is 13.4. The van der Waals surface area contributed by atoms with Crippen LogP contribution >= 0.6 is 23.2 Å². The molecule has 2 fully saturated rings. The number of ether oxygens (including phenoxy) is 1. The summed E-state index contributed by atoms with van der Waals surface area (Å²) in [5, 5.41) is 3.55. The van der Waals surface area contributed by atoms with Crippen molar-refractivity contribution in [1.29, 1.82) is 0 Å². The van der Waals surface area contributed by atoms with Crippen LogP contribution in [0, 0.1) is 0 Å². The number of fused-ring (bicyclic) bond motifs is 1. The number of nitrogens with one attached hydrogen (secondary N) is 1. The van der Waals surface area contributed by atoms with Crippen molar-refractivity contribution in [3.63, 3.8) is 0 Å². The van der Waals surface area contributed by atoms with Gasteiger partial charge in [-0.15, -0.1) is 0 Å². The maximum Gasteiger partial charge on any atom is 0.255 e. The van der Waals surface area contributed by atoms with Crippen LogP contribution in [-0.4, -0.2) is 72.4 Å². The second kappa shape index (κ2) is 10.5. The van der Waals surface area contributed by atoms with Crippen LogP contribution in [0.15, 0.2) is 36.4 Å². The number of carbonyl (C=O) groups excluding carboxylic acids is 3. The monoisotopic (exact) mass is 544 g/mol. The summed E-state index contributed by atoms with van der Waals surface area (Å²) in [6.45, 7) is 7.05. The predicted molar refractivity (Wildman–Crippen MR) is 142 cm³/mol. The third kappa shape index (κ3) is 5.02. The van der Waals surface area contributed by atoms with Crippen molar-refractivity contribution in [2.75, 3.05) is 44.2 Å². The lowest BCUT2D eigenvalue weighted by molar-refractivity contribution is -0.142. The summed E-state index contributed by atoms with van der Waals surface area (Å²) in [6, 6.07) is 11.2. The summed E-state index contributed by atoms with van der Waals surface area (Å²) in [4.78, 5) is 43.6. The topological polar surface area (TPSA) is 82.2 Å². The first kappa shape index (κ1) is 25.8. The van der Waals surface area contributed by atoms with E-state index in [1.54, 1.807) is 24.0 Å². The highest BCUT2D eigenvalue weighted by Crippen LogP contribution is 2.38. The van der Waals surface area contributed by atoms with Crippen LogP contribution in [0.2, 0.25) is 10.0 Å². The van der Waals surface area contributed by atoms with Crippen molar-refractivity contribution in [3.05, 3.63) is 57.6 Å². The fourth-order valence-electron chi connectivity index (χ4n) is 5.31. The molecule has 196 valence electrons. The quantitative estimate of drug-likeness (QED) is 0.422. The summed E-state index contributed by atoms with van der Waals surface area (Å²) in [5.41, 5.74) is 1.27. The molecule has 37 heavy (non-hydrogen) atoms. The van der Waals surface area contributed by atoms with E-state index in [2.05, 4.69) is 15.1 Å². The van der Waals surface area contributed by atoms with Crippen LogP contribution in [0.5, 0.6) is 5.75 Å². The van der Waals surface area contributed by atoms with Gasteiger partial charge in [0.1, 0.15) is 11.3 Å². The smallest absolute Gasteiger partial charge is 0.255 e. The van der Waals surface area contributed by atoms with E-state index in [0.717, 1.165) is 50.4 Å². The Bertz CT molecular complexity index is 1230. The van der Waals surface area contributed by atoms with E-state index in [1.165, 1.54) is 0 Å². The zero-order valence-corrected chi connectivity index (χ0v) is 22.3. The zero-order valence-electron chi connectivity index (χ0n) is 20.8. The van der Waals surface area contributed by atoms with Gasteiger partial charge in [0.2, 0.25) is 5.91 Å². The highest BCUT2D eigenvalue weighted by Gasteiger charge is 2.49. The lowest BCUT2D eigenvalue weighted by Crippen LogP contribution is -2.61. The number of carbonyl (C=O) groups is 3. The molecule has 2 aromatic carbocycles. The van der Waals surface area contributed by atoms with Gasteiger partial charge in [-0.05, 0) is 44.0 Å². The molecule has 0 aliphatic carbocycles. The maximum atomic E-state index is 13.2. The molecule has 1 atom stereocenters. The Balaban J connectivity index is 1.13. The van der Waals surface area contributed by atoms with Crippen molar-refractivity contribution in [3.8, 4) is 5.75 Å². The predicted octanol–water partition coefficient (Wildman–Crippen LogP) is 3.74. The molecular weight excluding hydrogens is 515 g/mol. The molecule has 0 unspecified atom stereocenters. The molecule has 2 saturated heterocycles. The first-order chi connectivity index (χ1) is 17.8. The Morgan fingerprint density at radius 3 is 2.54 bits per heavy atom. The fraction of sp³-hybridized carbons (Fsp3) is 0.444. The molecule has 3 aliphatic rings. The molecule has 0 saturated carbocycles. The Morgan fingerprint density at radius 2 is 1.78 bits per heavy atom. The molecule has 8 nitrogen and oxygen atoms in total. The molecule has 3 amide bonds. The average molecular weight is 545 g/mol. The SMILES string of the molecule is C[C@]1(N2Cc3c(OCCCN4CCN(c5cccc(Cl)c5Cl)CC4)cccc3C2=O)CCC(=O)NC1=O. The lowest BCUT2D eigenvalue weighted by Gasteiger charge is -2.39. The molecule has 0 spiro atoms. The minimum absolute atomic E-state index is 0.204. The summed E-state index contributed by atoms with van der Waals surface area (Å²) < 4.78 is 6.12.